The topological polar surface area (TPSA) is 65.7 Å². The van der Waals surface area contributed by atoms with Gasteiger partial charge in [-0.05, 0) is 49.4 Å². The number of fused-ring (bicyclic) bond motifs is 3. The van der Waals surface area contributed by atoms with Gasteiger partial charge in [-0.3, -0.25) is 0 Å². The molecule has 0 bridgehead atoms. The standard InChI is InChI=1S/C22H20O5/c1-14(15-6-3-2-4-7-15)26-21(23)13-25-16-10-11-18-17-8-5-9-19(17)22(24)27-20(18)12-16/h2-4,6-7,10-12,14H,5,8-9,13H2,1H3/t14-/m0/s1. The molecular formula is C22H20O5. The Hall–Kier alpha value is -3.08. The summed E-state index contributed by atoms with van der Waals surface area (Å²) in [7, 11) is 0. The van der Waals surface area contributed by atoms with Crippen LogP contribution in [0, 0.1) is 0 Å². The summed E-state index contributed by atoms with van der Waals surface area (Å²) < 4.78 is 16.3. The van der Waals surface area contributed by atoms with Crippen molar-refractivity contribution in [3.8, 4) is 5.75 Å². The van der Waals surface area contributed by atoms with Gasteiger partial charge in [0.15, 0.2) is 6.61 Å². The van der Waals surface area contributed by atoms with Gasteiger partial charge >= 0.3 is 11.6 Å². The minimum atomic E-state index is -0.457. The number of benzene rings is 2. The Bertz CT molecular complexity index is 1040. The van der Waals surface area contributed by atoms with Crippen LogP contribution in [0.4, 0.5) is 0 Å². The van der Waals surface area contributed by atoms with Crippen LogP contribution in [0.15, 0.2) is 57.7 Å². The Morgan fingerprint density at radius 2 is 1.89 bits per heavy atom. The minimum Gasteiger partial charge on any atom is -0.482 e. The first-order valence-corrected chi connectivity index (χ1v) is 9.07. The second-order valence-corrected chi connectivity index (χ2v) is 6.69. The number of esters is 1. The van der Waals surface area contributed by atoms with E-state index in [9.17, 15) is 9.59 Å². The average Bonchev–Trinajstić information content (AvgIpc) is 3.18. The van der Waals surface area contributed by atoms with Gasteiger partial charge in [0, 0.05) is 17.0 Å². The van der Waals surface area contributed by atoms with Crippen LogP contribution in [0.25, 0.3) is 11.0 Å². The maximum atomic E-state index is 12.1. The summed E-state index contributed by atoms with van der Waals surface area (Å²) in [4.78, 5) is 24.1. The molecule has 5 heteroatoms. The molecule has 1 atom stereocenters. The van der Waals surface area contributed by atoms with Gasteiger partial charge in [-0.1, -0.05) is 30.3 Å². The highest BCUT2D eigenvalue weighted by Crippen LogP contribution is 2.29. The van der Waals surface area contributed by atoms with E-state index in [-0.39, 0.29) is 18.3 Å². The normalized spacial score (nSPS) is 14.0. The van der Waals surface area contributed by atoms with Crippen molar-refractivity contribution in [3.05, 3.63) is 75.6 Å². The smallest absolute Gasteiger partial charge is 0.344 e. The first-order chi connectivity index (χ1) is 13.1. The molecule has 4 rings (SSSR count). The van der Waals surface area contributed by atoms with E-state index in [4.69, 9.17) is 13.9 Å². The van der Waals surface area contributed by atoms with Gasteiger partial charge in [-0.25, -0.2) is 9.59 Å². The minimum absolute atomic E-state index is 0.210. The van der Waals surface area contributed by atoms with Crippen LogP contribution in [0.3, 0.4) is 0 Å². The van der Waals surface area contributed by atoms with E-state index >= 15 is 0 Å². The Kier molecular flexibility index (Phi) is 4.67. The molecule has 27 heavy (non-hydrogen) atoms. The lowest BCUT2D eigenvalue weighted by Gasteiger charge is -2.14. The highest BCUT2D eigenvalue weighted by molar-refractivity contribution is 5.83. The van der Waals surface area contributed by atoms with Crippen LogP contribution in [0.1, 0.15) is 36.1 Å². The average molecular weight is 364 g/mol. The fourth-order valence-corrected chi connectivity index (χ4v) is 3.52. The molecule has 0 aliphatic heterocycles. The van der Waals surface area contributed by atoms with Crippen molar-refractivity contribution < 1.29 is 18.7 Å². The quantitative estimate of drug-likeness (QED) is 0.506. The zero-order valence-corrected chi connectivity index (χ0v) is 15.1. The van der Waals surface area contributed by atoms with Crippen molar-refractivity contribution in [3.63, 3.8) is 0 Å². The van der Waals surface area contributed by atoms with Crippen molar-refractivity contribution in [1.82, 2.24) is 0 Å². The third-order valence-electron chi connectivity index (χ3n) is 4.88. The number of ether oxygens (including phenoxy) is 2. The summed E-state index contributed by atoms with van der Waals surface area (Å²) >= 11 is 0. The molecule has 138 valence electrons. The van der Waals surface area contributed by atoms with E-state index in [1.807, 2.05) is 43.3 Å². The van der Waals surface area contributed by atoms with Crippen molar-refractivity contribution >= 4 is 16.9 Å². The lowest BCUT2D eigenvalue weighted by Crippen LogP contribution is -2.17. The van der Waals surface area contributed by atoms with Crippen LogP contribution < -0.4 is 10.4 Å². The van der Waals surface area contributed by atoms with Crippen molar-refractivity contribution in [1.29, 1.82) is 0 Å². The maximum Gasteiger partial charge on any atom is 0.344 e. The molecule has 3 aromatic rings. The van der Waals surface area contributed by atoms with Gasteiger partial charge < -0.3 is 13.9 Å². The number of rotatable bonds is 5. The van der Waals surface area contributed by atoms with Crippen LogP contribution in [0.5, 0.6) is 5.75 Å². The van der Waals surface area contributed by atoms with Crippen molar-refractivity contribution in [2.75, 3.05) is 6.61 Å². The Balaban J connectivity index is 1.44. The highest BCUT2D eigenvalue weighted by Gasteiger charge is 2.20. The second-order valence-electron chi connectivity index (χ2n) is 6.69. The van der Waals surface area contributed by atoms with Gasteiger partial charge in [-0.2, -0.15) is 0 Å². The third-order valence-corrected chi connectivity index (χ3v) is 4.88. The zero-order valence-electron chi connectivity index (χ0n) is 15.1. The van der Waals surface area contributed by atoms with E-state index in [2.05, 4.69) is 0 Å². The van der Waals surface area contributed by atoms with Crippen LogP contribution in [-0.4, -0.2) is 12.6 Å². The molecule has 0 saturated heterocycles. The van der Waals surface area contributed by atoms with Gasteiger partial charge in [0.05, 0.1) is 0 Å². The molecule has 1 heterocycles. The van der Waals surface area contributed by atoms with Crippen molar-refractivity contribution in [2.24, 2.45) is 0 Å². The van der Waals surface area contributed by atoms with E-state index in [0.717, 1.165) is 41.3 Å². The monoisotopic (exact) mass is 364 g/mol. The summed E-state index contributed by atoms with van der Waals surface area (Å²) in [6.45, 7) is 1.61. The number of hydrogen-bond acceptors (Lipinski definition) is 5. The summed E-state index contributed by atoms with van der Waals surface area (Å²) in [6.07, 6.45) is 2.29. The Labute approximate surface area is 156 Å². The molecule has 0 radical (unpaired) electrons. The van der Waals surface area contributed by atoms with E-state index in [0.29, 0.717) is 11.3 Å². The van der Waals surface area contributed by atoms with Crippen LogP contribution in [0.2, 0.25) is 0 Å². The lowest BCUT2D eigenvalue weighted by atomic mass is 10.1. The molecule has 1 aliphatic rings. The van der Waals surface area contributed by atoms with E-state index < -0.39 is 5.97 Å². The molecule has 0 N–H and O–H groups in total. The fourth-order valence-electron chi connectivity index (χ4n) is 3.52. The summed E-state index contributed by atoms with van der Waals surface area (Å²) in [6, 6.07) is 14.8. The van der Waals surface area contributed by atoms with E-state index in [1.165, 1.54) is 0 Å². The second kappa shape index (κ2) is 7.27. The first kappa shape index (κ1) is 17.3. The van der Waals surface area contributed by atoms with Crippen molar-refractivity contribution in [2.45, 2.75) is 32.3 Å². The zero-order chi connectivity index (χ0) is 18.8. The SMILES string of the molecule is C[C@H](OC(=O)COc1ccc2c3c(c(=O)oc2c1)CCC3)c1ccccc1. The van der Waals surface area contributed by atoms with Gasteiger partial charge in [0.25, 0.3) is 0 Å². The molecule has 0 amide bonds. The molecule has 0 saturated carbocycles. The third kappa shape index (κ3) is 3.58. The first-order valence-electron chi connectivity index (χ1n) is 9.07. The highest BCUT2D eigenvalue weighted by atomic mass is 16.6. The largest absolute Gasteiger partial charge is 0.482 e. The molecule has 0 fully saturated rings. The number of carbonyl (C=O) groups is 1. The van der Waals surface area contributed by atoms with Gasteiger partial charge in [-0.15, -0.1) is 0 Å². The lowest BCUT2D eigenvalue weighted by molar-refractivity contribution is -0.151. The predicted octanol–water partition coefficient (Wildman–Crippen LogP) is 3.96. The summed E-state index contributed by atoms with van der Waals surface area (Å²) in [5, 5.41) is 0.940. The molecule has 5 nitrogen and oxygen atoms in total. The molecule has 1 aliphatic carbocycles. The Morgan fingerprint density at radius 3 is 2.70 bits per heavy atom. The molecule has 2 aromatic carbocycles. The van der Waals surface area contributed by atoms with Crippen LogP contribution in [-0.2, 0) is 22.4 Å². The summed E-state index contributed by atoms with van der Waals surface area (Å²) in [5.41, 5.74) is 3.00. The fraction of sp³-hybridized carbons (Fsp3) is 0.273. The van der Waals surface area contributed by atoms with Crippen LogP contribution >= 0.6 is 0 Å². The Morgan fingerprint density at radius 1 is 1.11 bits per heavy atom. The van der Waals surface area contributed by atoms with Gasteiger partial charge in [0.1, 0.15) is 17.4 Å². The maximum absolute atomic E-state index is 12.1. The van der Waals surface area contributed by atoms with E-state index in [1.54, 1.807) is 12.1 Å². The molecular weight excluding hydrogens is 344 g/mol. The molecule has 0 unspecified atom stereocenters. The molecule has 0 spiro atoms. The number of hydrogen-bond donors (Lipinski definition) is 0. The number of aryl methyl sites for hydroxylation is 1. The molecule has 1 aromatic heterocycles. The summed E-state index contributed by atoms with van der Waals surface area (Å²) in [5.74, 6) is 0.00904. The number of carbonyl (C=O) groups excluding carboxylic acids is 1. The predicted molar refractivity (Wildman–Crippen MR) is 101 cm³/mol. The van der Waals surface area contributed by atoms with Gasteiger partial charge in [0.2, 0.25) is 0 Å².